The van der Waals surface area contributed by atoms with Crippen LogP contribution in [0.1, 0.15) is 5.56 Å². The average molecular weight is 313 g/mol. The van der Waals surface area contributed by atoms with Gasteiger partial charge >= 0.3 is 0 Å². The van der Waals surface area contributed by atoms with Gasteiger partial charge in [0.25, 0.3) is 0 Å². The van der Waals surface area contributed by atoms with E-state index in [9.17, 15) is 4.39 Å². The number of terminal acetylenes is 1. The van der Waals surface area contributed by atoms with Crippen LogP contribution in [0.3, 0.4) is 0 Å². The number of benzene rings is 1. The van der Waals surface area contributed by atoms with E-state index in [1.165, 1.54) is 12.1 Å². The Hall–Kier alpha value is -1.17. The fourth-order valence-electron chi connectivity index (χ4n) is 1.65. The Morgan fingerprint density at radius 2 is 1.94 bits per heavy atom. The third kappa shape index (κ3) is 2.80. The molecule has 0 aromatic heterocycles. The molecule has 0 saturated carbocycles. The van der Waals surface area contributed by atoms with E-state index in [-0.39, 0.29) is 38.5 Å². The van der Waals surface area contributed by atoms with Gasteiger partial charge in [0.15, 0.2) is 0 Å². The van der Waals surface area contributed by atoms with Gasteiger partial charge in [0.05, 0.1) is 0 Å². The topological polar surface area (TPSA) is 3.24 Å². The summed E-state index contributed by atoms with van der Waals surface area (Å²) >= 11 is 0. The summed E-state index contributed by atoms with van der Waals surface area (Å²) in [6, 6.07) is 6.24. The van der Waals surface area contributed by atoms with E-state index < -0.39 is 0 Å². The zero-order valence-electron chi connectivity index (χ0n) is 10.1. The molecule has 0 N–H and O–H groups in total. The van der Waals surface area contributed by atoms with Crippen molar-refractivity contribution in [3.05, 3.63) is 65.6 Å². The van der Waals surface area contributed by atoms with E-state index in [0.717, 1.165) is 17.0 Å². The van der Waals surface area contributed by atoms with E-state index in [1.54, 1.807) is 18.2 Å². The van der Waals surface area contributed by atoms with Gasteiger partial charge < -0.3 is 4.90 Å². The first-order valence-corrected chi connectivity index (χ1v) is 5.12. The van der Waals surface area contributed by atoms with E-state index in [1.807, 2.05) is 11.9 Å². The Kier molecular flexibility index (Phi) is 5.07. The molecule has 1 aromatic rings. The number of hydrogen-bond acceptors (Lipinski definition) is 1. The van der Waals surface area contributed by atoms with Crippen molar-refractivity contribution in [2.24, 2.45) is 0 Å². The monoisotopic (exact) mass is 313 g/mol. The van der Waals surface area contributed by atoms with E-state index in [4.69, 9.17) is 6.42 Å². The molecule has 1 nitrogen and oxygen atoms in total. The minimum atomic E-state index is -0.258. The second-order valence-corrected chi connectivity index (χ2v) is 3.71. The summed E-state index contributed by atoms with van der Waals surface area (Å²) in [7, 11) is 1.86. The fourth-order valence-corrected chi connectivity index (χ4v) is 1.65. The van der Waals surface area contributed by atoms with Gasteiger partial charge in [-0.2, -0.15) is 12.2 Å². The Bertz CT molecular complexity index is 561. The molecule has 1 aliphatic rings. The van der Waals surface area contributed by atoms with Gasteiger partial charge in [-0.1, -0.05) is 23.4 Å². The predicted molar refractivity (Wildman–Crippen MR) is 66.9 cm³/mol. The molecule has 1 aliphatic heterocycles. The molecule has 18 heavy (non-hydrogen) atoms. The summed E-state index contributed by atoms with van der Waals surface area (Å²) in [5, 5.41) is 0. The molecule has 2 rings (SSSR count). The molecule has 87 valence electrons. The molecule has 0 fully saturated rings. The van der Waals surface area contributed by atoms with Crippen LogP contribution in [0.15, 0.2) is 48.2 Å². The van der Waals surface area contributed by atoms with Crippen LogP contribution < -0.4 is 0 Å². The molecule has 0 aliphatic carbocycles. The maximum Gasteiger partial charge on any atom is 0.121 e. The van der Waals surface area contributed by atoms with Crippen molar-refractivity contribution in [2.75, 3.05) is 7.05 Å². The average Bonchev–Trinajstić information content (AvgIpc) is 2.34. The Morgan fingerprint density at radius 1 is 1.33 bits per heavy atom. The Morgan fingerprint density at radius 3 is 2.50 bits per heavy atom. The first-order chi connectivity index (χ1) is 8.13. The van der Waals surface area contributed by atoms with Crippen molar-refractivity contribution in [1.29, 1.82) is 0 Å². The molecule has 0 unspecified atom stereocenters. The van der Waals surface area contributed by atoms with Gasteiger partial charge in [-0.15, -0.1) is 24.5 Å². The van der Waals surface area contributed by atoms with Gasteiger partial charge in [-0.05, 0) is 17.8 Å². The van der Waals surface area contributed by atoms with Gasteiger partial charge in [-0.3, -0.25) is 0 Å². The normalized spacial score (nSPS) is 14.3. The van der Waals surface area contributed by atoms with Crippen molar-refractivity contribution in [2.45, 2.75) is 0 Å². The van der Waals surface area contributed by atoms with E-state index in [2.05, 4.69) is 18.6 Å². The van der Waals surface area contributed by atoms with Crippen LogP contribution in [0.2, 0.25) is 0 Å². The van der Waals surface area contributed by atoms with E-state index >= 15 is 0 Å². The van der Waals surface area contributed by atoms with Crippen molar-refractivity contribution in [1.82, 2.24) is 4.90 Å². The summed E-state index contributed by atoms with van der Waals surface area (Å²) < 4.78 is 12.8. The molecule has 0 atom stereocenters. The molecule has 1 radical (unpaired) electrons. The zero-order chi connectivity index (χ0) is 12.4. The number of halogens is 1. The maximum atomic E-state index is 12.8. The largest absolute Gasteiger partial charge is 0.377 e. The molecule has 0 spiro atoms. The van der Waals surface area contributed by atoms with Gasteiger partial charge in [-0.25, -0.2) is 4.39 Å². The van der Waals surface area contributed by atoms with Gasteiger partial charge in [0, 0.05) is 39.8 Å². The Balaban J connectivity index is 0.00000162. The second-order valence-electron chi connectivity index (χ2n) is 3.71. The van der Waals surface area contributed by atoms with Crippen LogP contribution in [-0.2, 0) is 32.7 Å². The van der Waals surface area contributed by atoms with Crippen LogP contribution in [0.5, 0.6) is 0 Å². The number of allylic oxidation sites excluding steroid dienone is 3. The molecule has 0 bridgehead atoms. The first kappa shape index (κ1) is 14.9. The van der Waals surface area contributed by atoms with Crippen molar-refractivity contribution in [3.63, 3.8) is 0 Å². The van der Waals surface area contributed by atoms with E-state index in [0.29, 0.717) is 5.57 Å². The van der Waals surface area contributed by atoms with Crippen LogP contribution >= 0.6 is 0 Å². The molecule has 0 amide bonds. The number of hydrogen-bond donors (Lipinski definition) is 0. The standard InChI is InChI=1S/C15H11FN.Y/c1-4-12-7-10-15(17(3)11(12)2)13-5-8-14(16)9-6-13;/h1,5-9H,2H2,3H3;/q-1;. The van der Waals surface area contributed by atoms with Crippen molar-refractivity contribution in [3.8, 4) is 12.3 Å². The van der Waals surface area contributed by atoms with Crippen LogP contribution in [0.4, 0.5) is 4.39 Å². The van der Waals surface area contributed by atoms with Gasteiger partial charge in [0.2, 0.25) is 0 Å². The van der Waals surface area contributed by atoms with Crippen LogP contribution in [-0.4, -0.2) is 11.9 Å². The minimum absolute atomic E-state index is 0. The summed E-state index contributed by atoms with van der Waals surface area (Å²) in [6.45, 7) is 3.92. The second kappa shape index (κ2) is 6.13. The van der Waals surface area contributed by atoms with Crippen LogP contribution in [0.25, 0.3) is 5.70 Å². The van der Waals surface area contributed by atoms with Gasteiger partial charge in [0.1, 0.15) is 5.82 Å². The zero-order valence-corrected chi connectivity index (χ0v) is 12.9. The van der Waals surface area contributed by atoms with Crippen molar-refractivity contribution < 1.29 is 37.1 Å². The third-order valence-corrected chi connectivity index (χ3v) is 2.68. The van der Waals surface area contributed by atoms with Crippen molar-refractivity contribution >= 4 is 5.70 Å². The molecule has 1 aromatic carbocycles. The Labute approximate surface area is 132 Å². The molecule has 3 heteroatoms. The summed E-state index contributed by atoms with van der Waals surface area (Å²) in [5.74, 6) is 2.29. The molecular weight excluding hydrogens is 302 g/mol. The molecule has 1 heterocycles. The molecule has 0 saturated heterocycles. The third-order valence-electron chi connectivity index (χ3n) is 2.68. The summed E-state index contributed by atoms with van der Waals surface area (Å²) in [4.78, 5) is 1.85. The summed E-state index contributed by atoms with van der Waals surface area (Å²) in [5.41, 5.74) is 3.15. The van der Waals surface area contributed by atoms with Crippen LogP contribution in [0, 0.1) is 24.2 Å². The number of nitrogens with zero attached hydrogens (tertiary/aromatic N) is 1. The minimum Gasteiger partial charge on any atom is -0.377 e. The SMILES string of the molecule is C#CC1=C[C-]=C(c2ccc(F)cc2)N(C)C1=C.[Y]. The smallest absolute Gasteiger partial charge is 0.121 e. The fraction of sp³-hybridized carbons (Fsp3) is 0.0667. The first-order valence-electron chi connectivity index (χ1n) is 5.12. The number of likely N-dealkylation sites (N-methyl/N-ethyl adjacent to an activating group) is 1. The molecular formula is C15H11FNY-. The summed E-state index contributed by atoms with van der Waals surface area (Å²) in [6.07, 6.45) is 10.2. The maximum absolute atomic E-state index is 12.8. The quantitative estimate of drug-likeness (QED) is 0.569. The predicted octanol–water partition coefficient (Wildman–Crippen LogP) is 2.99. The number of rotatable bonds is 1.